The first-order chi connectivity index (χ1) is 5.77. The molecule has 0 atom stereocenters. The van der Waals surface area contributed by atoms with Crippen molar-refractivity contribution in [2.45, 2.75) is 6.42 Å². The molecule has 1 heterocycles. The third-order valence-electron chi connectivity index (χ3n) is 1.67. The van der Waals surface area contributed by atoms with E-state index in [2.05, 4.69) is 21.4 Å². The predicted molar refractivity (Wildman–Crippen MR) is 46.6 cm³/mol. The van der Waals surface area contributed by atoms with Crippen LogP contribution in [0.3, 0.4) is 0 Å². The lowest BCUT2D eigenvalue weighted by atomic mass is 10.1. The zero-order valence-corrected chi connectivity index (χ0v) is 7.72. The summed E-state index contributed by atoms with van der Waals surface area (Å²) < 4.78 is 0.861. The van der Waals surface area contributed by atoms with E-state index < -0.39 is 0 Å². The van der Waals surface area contributed by atoms with Crippen molar-refractivity contribution in [3.63, 3.8) is 0 Å². The van der Waals surface area contributed by atoms with Crippen molar-refractivity contribution in [3.05, 3.63) is 28.2 Å². The summed E-state index contributed by atoms with van der Waals surface area (Å²) in [6.45, 7) is 0. The number of hydrogen-bond acceptors (Lipinski definition) is 2. The maximum Gasteiger partial charge on any atom is 0.257 e. The zero-order valence-electron chi connectivity index (χ0n) is 6.13. The lowest BCUT2D eigenvalue weighted by Crippen LogP contribution is -2.33. The fraction of sp³-hybridized carbons (Fsp3) is 0.125. The molecule has 0 bridgehead atoms. The monoisotopic (exact) mass is 227 g/mol. The normalized spacial score (nSPS) is 14.6. The van der Waals surface area contributed by atoms with Crippen molar-refractivity contribution in [1.82, 2.24) is 5.48 Å². The highest BCUT2D eigenvalue weighted by atomic mass is 79.9. The first-order valence-electron chi connectivity index (χ1n) is 3.50. The predicted octanol–water partition coefficient (Wildman–Crippen LogP) is 1.42. The minimum atomic E-state index is -0.111. The number of nitrogens with one attached hydrogen (secondary N) is 1. The Morgan fingerprint density at radius 1 is 1.50 bits per heavy atom. The molecule has 12 heavy (non-hydrogen) atoms. The molecule has 1 amide bonds. The van der Waals surface area contributed by atoms with Crippen LogP contribution in [0.25, 0.3) is 0 Å². The summed E-state index contributed by atoms with van der Waals surface area (Å²) in [5.74, 6) is 0.595. The van der Waals surface area contributed by atoms with E-state index in [-0.39, 0.29) is 5.91 Å². The first-order valence-corrected chi connectivity index (χ1v) is 4.30. The van der Waals surface area contributed by atoms with Gasteiger partial charge in [0, 0.05) is 5.56 Å². The SMILES string of the molecule is O=C1Cc2cccc(Br)c2ON1. The summed E-state index contributed by atoms with van der Waals surface area (Å²) in [5, 5.41) is 0. The Balaban J connectivity index is 2.48. The Hall–Kier alpha value is -1.03. The van der Waals surface area contributed by atoms with Gasteiger partial charge in [0.05, 0.1) is 10.9 Å². The van der Waals surface area contributed by atoms with Crippen molar-refractivity contribution in [3.8, 4) is 5.75 Å². The number of para-hydroxylation sites is 1. The largest absolute Gasteiger partial charge is 0.378 e. The maximum absolute atomic E-state index is 10.9. The first kappa shape index (κ1) is 7.61. The maximum atomic E-state index is 10.9. The smallest absolute Gasteiger partial charge is 0.257 e. The molecule has 1 aromatic rings. The van der Waals surface area contributed by atoms with Gasteiger partial charge < -0.3 is 4.84 Å². The van der Waals surface area contributed by atoms with Gasteiger partial charge in [0.2, 0.25) is 0 Å². The van der Waals surface area contributed by atoms with Gasteiger partial charge in [-0.25, -0.2) is 0 Å². The second-order valence-corrected chi connectivity index (χ2v) is 3.39. The van der Waals surface area contributed by atoms with Crippen LogP contribution in [0, 0.1) is 0 Å². The van der Waals surface area contributed by atoms with Gasteiger partial charge in [-0.05, 0) is 22.0 Å². The molecule has 0 unspecified atom stereocenters. The van der Waals surface area contributed by atoms with E-state index in [0.29, 0.717) is 12.2 Å². The summed E-state index contributed by atoms with van der Waals surface area (Å²) in [7, 11) is 0. The number of rotatable bonds is 0. The molecule has 0 aromatic heterocycles. The summed E-state index contributed by atoms with van der Waals surface area (Å²) in [5.41, 5.74) is 3.22. The molecule has 2 rings (SSSR count). The molecule has 3 nitrogen and oxygen atoms in total. The highest BCUT2D eigenvalue weighted by Crippen LogP contribution is 2.30. The Kier molecular flexibility index (Phi) is 1.77. The van der Waals surface area contributed by atoms with Crippen molar-refractivity contribution in [2.24, 2.45) is 0 Å². The minimum absolute atomic E-state index is 0.111. The van der Waals surface area contributed by atoms with Crippen LogP contribution >= 0.6 is 15.9 Å². The molecule has 0 spiro atoms. The number of benzene rings is 1. The Morgan fingerprint density at radius 2 is 2.33 bits per heavy atom. The second kappa shape index (κ2) is 2.79. The van der Waals surface area contributed by atoms with Crippen molar-refractivity contribution in [1.29, 1.82) is 0 Å². The summed E-state index contributed by atoms with van der Waals surface area (Å²) in [4.78, 5) is 15.9. The molecular weight excluding hydrogens is 222 g/mol. The molecule has 4 heteroatoms. The van der Waals surface area contributed by atoms with Gasteiger partial charge in [-0.3, -0.25) is 4.79 Å². The molecule has 1 aliphatic rings. The molecule has 0 aliphatic carbocycles. The van der Waals surface area contributed by atoms with Crippen LogP contribution in [0.5, 0.6) is 5.75 Å². The number of hydroxylamine groups is 1. The lowest BCUT2D eigenvalue weighted by molar-refractivity contribution is -0.128. The van der Waals surface area contributed by atoms with E-state index >= 15 is 0 Å². The van der Waals surface area contributed by atoms with Gasteiger partial charge in [0.15, 0.2) is 5.75 Å². The van der Waals surface area contributed by atoms with E-state index in [0.717, 1.165) is 10.0 Å². The lowest BCUT2D eigenvalue weighted by Gasteiger charge is -2.17. The topological polar surface area (TPSA) is 38.3 Å². The number of amides is 1. The molecular formula is C8H6BrNO2. The summed E-state index contributed by atoms with van der Waals surface area (Å²) in [6, 6.07) is 5.63. The van der Waals surface area contributed by atoms with Crippen molar-refractivity contribution < 1.29 is 9.63 Å². The Labute approximate surface area is 77.8 Å². The van der Waals surface area contributed by atoms with Gasteiger partial charge in [0.25, 0.3) is 5.91 Å². The molecule has 0 radical (unpaired) electrons. The number of halogens is 1. The van der Waals surface area contributed by atoms with Gasteiger partial charge in [-0.1, -0.05) is 12.1 Å². The number of carbonyl (C=O) groups is 1. The van der Waals surface area contributed by atoms with Gasteiger partial charge in [0.1, 0.15) is 0 Å². The Bertz CT molecular complexity index is 338. The van der Waals surface area contributed by atoms with E-state index in [1.165, 1.54) is 0 Å². The van der Waals surface area contributed by atoms with Crippen LogP contribution in [-0.4, -0.2) is 5.91 Å². The van der Waals surface area contributed by atoms with Crippen LogP contribution in [0.2, 0.25) is 0 Å². The highest BCUT2D eigenvalue weighted by molar-refractivity contribution is 9.10. The molecule has 1 N–H and O–H groups in total. The molecule has 1 aliphatic heterocycles. The van der Waals surface area contributed by atoms with Crippen LogP contribution in [-0.2, 0) is 11.2 Å². The quantitative estimate of drug-likeness (QED) is 0.729. The summed E-state index contributed by atoms with van der Waals surface area (Å²) >= 11 is 3.33. The van der Waals surface area contributed by atoms with Crippen molar-refractivity contribution >= 4 is 21.8 Å². The zero-order chi connectivity index (χ0) is 8.55. The van der Waals surface area contributed by atoms with E-state index in [1.807, 2.05) is 18.2 Å². The fourth-order valence-electron chi connectivity index (χ4n) is 1.12. The van der Waals surface area contributed by atoms with E-state index in [4.69, 9.17) is 4.84 Å². The van der Waals surface area contributed by atoms with Crippen LogP contribution in [0.15, 0.2) is 22.7 Å². The second-order valence-electron chi connectivity index (χ2n) is 2.53. The average Bonchev–Trinajstić information content (AvgIpc) is 2.04. The van der Waals surface area contributed by atoms with Crippen LogP contribution < -0.4 is 10.3 Å². The standard InChI is InChI=1S/C8H6BrNO2/c9-6-3-1-2-5-4-7(11)10-12-8(5)6/h1-3H,4H2,(H,10,11). The van der Waals surface area contributed by atoms with Gasteiger partial charge in [-0.15, -0.1) is 0 Å². The average molecular weight is 228 g/mol. The minimum Gasteiger partial charge on any atom is -0.378 e. The fourth-order valence-corrected chi connectivity index (χ4v) is 1.61. The third-order valence-corrected chi connectivity index (χ3v) is 2.29. The molecule has 62 valence electrons. The van der Waals surface area contributed by atoms with Gasteiger partial charge in [-0.2, -0.15) is 5.48 Å². The van der Waals surface area contributed by atoms with Crippen LogP contribution in [0.1, 0.15) is 5.56 Å². The molecule has 1 aromatic carbocycles. The Morgan fingerprint density at radius 3 is 3.17 bits per heavy atom. The van der Waals surface area contributed by atoms with Gasteiger partial charge >= 0.3 is 0 Å². The summed E-state index contributed by atoms with van der Waals surface area (Å²) in [6.07, 6.45) is 0.384. The number of hydrogen-bond donors (Lipinski definition) is 1. The molecule has 0 saturated carbocycles. The number of fused-ring (bicyclic) bond motifs is 1. The number of carbonyl (C=O) groups excluding carboxylic acids is 1. The van der Waals surface area contributed by atoms with Crippen LogP contribution in [0.4, 0.5) is 0 Å². The molecule has 0 saturated heterocycles. The molecule has 0 fully saturated rings. The van der Waals surface area contributed by atoms with Crippen molar-refractivity contribution in [2.75, 3.05) is 0 Å². The van der Waals surface area contributed by atoms with E-state index in [9.17, 15) is 4.79 Å². The highest BCUT2D eigenvalue weighted by Gasteiger charge is 2.17. The third kappa shape index (κ3) is 1.18. The van der Waals surface area contributed by atoms with E-state index in [1.54, 1.807) is 0 Å².